The Kier molecular flexibility index (Phi) is 3.35. The van der Waals surface area contributed by atoms with Crippen LogP contribution in [0.2, 0.25) is 0 Å². The molecule has 1 aliphatic heterocycles. The van der Waals surface area contributed by atoms with Crippen LogP contribution >= 0.6 is 0 Å². The fraction of sp³-hybridized carbons (Fsp3) is 0.909. The van der Waals surface area contributed by atoms with Crippen molar-refractivity contribution in [3.05, 3.63) is 0 Å². The third-order valence-electron chi connectivity index (χ3n) is 4.11. The van der Waals surface area contributed by atoms with Crippen LogP contribution in [-0.4, -0.2) is 49.3 Å². The van der Waals surface area contributed by atoms with Gasteiger partial charge in [0.25, 0.3) is 0 Å². The van der Waals surface area contributed by atoms with E-state index in [-0.39, 0.29) is 0 Å². The number of oxime groups is 1. The molecule has 0 aromatic heterocycles. The summed E-state index contributed by atoms with van der Waals surface area (Å²) in [6.45, 7) is 3.46. The van der Waals surface area contributed by atoms with E-state index < -0.39 is 0 Å². The summed E-state index contributed by atoms with van der Waals surface area (Å²) < 4.78 is 5.30. The lowest BCUT2D eigenvalue weighted by atomic mass is 9.63. The van der Waals surface area contributed by atoms with Gasteiger partial charge in [-0.2, -0.15) is 0 Å². The third-order valence-corrected chi connectivity index (χ3v) is 4.11. The highest BCUT2D eigenvalue weighted by Crippen LogP contribution is 2.51. The molecule has 5 heteroatoms. The van der Waals surface area contributed by atoms with Gasteiger partial charge in [-0.15, -0.1) is 0 Å². The van der Waals surface area contributed by atoms with Gasteiger partial charge in [-0.25, -0.2) is 0 Å². The minimum Gasteiger partial charge on any atom is -0.409 e. The lowest BCUT2D eigenvalue weighted by Crippen LogP contribution is -2.39. The summed E-state index contributed by atoms with van der Waals surface area (Å²) in [4.78, 5) is 2.28. The van der Waals surface area contributed by atoms with E-state index in [9.17, 15) is 0 Å². The number of hydrogen-bond donors (Lipinski definition) is 2. The van der Waals surface area contributed by atoms with Crippen LogP contribution in [0.5, 0.6) is 0 Å². The van der Waals surface area contributed by atoms with Crippen molar-refractivity contribution in [1.82, 2.24) is 4.90 Å². The molecule has 1 spiro atoms. The van der Waals surface area contributed by atoms with Crippen molar-refractivity contribution in [3.8, 4) is 0 Å². The van der Waals surface area contributed by atoms with Crippen LogP contribution in [0.1, 0.15) is 19.3 Å². The van der Waals surface area contributed by atoms with E-state index in [0.717, 1.165) is 19.7 Å². The van der Waals surface area contributed by atoms with Crippen LogP contribution in [0, 0.1) is 11.3 Å². The number of nitrogens with zero attached hydrogens (tertiary/aromatic N) is 2. The molecule has 5 nitrogen and oxygen atoms in total. The SMILES string of the molecule is COC[C@@H]1CN(CC(N)=NO)CC12CCC2. The fourth-order valence-corrected chi connectivity index (χ4v) is 3.15. The van der Waals surface area contributed by atoms with Crippen molar-refractivity contribution in [3.63, 3.8) is 0 Å². The highest BCUT2D eigenvalue weighted by molar-refractivity contribution is 5.81. The van der Waals surface area contributed by atoms with Crippen molar-refractivity contribution >= 4 is 5.84 Å². The Morgan fingerprint density at radius 3 is 2.88 bits per heavy atom. The first-order valence-electron chi connectivity index (χ1n) is 5.88. The monoisotopic (exact) mass is 227 g/mol. The first-order valence-corrected chi connectivity index (χ1v) is 5.88. The van der Waals surface area contributed by atoms with Gasteiger partial charge in [0, 0.05) is 26.1 Å². The zero-order chi connectivity index (χ0) is 11.6. The second kappa shape index (κ2) is 4.59. The van der Waals surface area contributed by atoms with Crippen molar-refractivity contribution in [2.24, 2.45) is 22.2 Å². The summed E-state index contributed by atoms with van der Waals surface area (Å²) in [7, 11) is 1.76. The molecule has 1 saturated heterocycles. The van der Waals surface area contributed by atoms with E-state index >= 15 is 0 Å². The van der Waals surface area contributed by atoms with Gasteiger partial charge in [0.1, 0.15) is 0 Å². The van der Waals surface area contributed by atoms with Gasteiger partial charge in [-0.1, -0.05) is 11.6 Å². The zero-order valence-corrected chi connectivity index (χ0v) is 9.85. The van der Waals surface area contributed by atoms with Crippen LogP contribution in [0.25, 0.3) is 0 Å². The maximum atomic E-state index is 8.58. The summed E-state index contributed by atoms with van der Waals surface area (Å²) in [5.41, 5.74) is 6.00. The molecular formula is C11H21N3O2. The molecule has 0 unspecified atom stereocenters. The van der Waals surface area contributed by atoms with Crippen molar-refractivity contribution in [2.45, 2.75) is 19.3 Å². The Balaban J connectivity index is 1.95. The van der Waals surface area contributed by atoms with Crippen LogP contribution in [-0.2, 0) is 4.74 Å². The Morgan fingerprint density at radius 2 is 2.38 bits per heavy atom. The molecule has 16 heavy (non-hydrogen) atoms. The van der Waals surface area contributed by atoms with E-state index in [0.29, 0.717) is 23.7 Å². The fourth-order valence-electron chi connectivity index (χ4n) is 3.15. The summed E-state index contributed by atoms with van der Waals surface area (Å²) in [6.07, 6.45) is 3.93. The Bertz CT molecular complexity index is 276. The molecule has 3 N–H and O–H groups in total. The van der Waals surface area contributed by atoms with Gasteiger partial charge >= 0.3 is 0 Å². The molecule has 0 amide bonds. The van der Waals surface area contributed by atoms with Gasteiger partial charge in [0.05, 0.1) is 13.2 Å². The minimum atomic E-state index is 0.299. The predicted molar refractivity (Wildman–Crippen MR) is 61.5 cm³/mol. The third kappa shape index (κ3) is 2.01. The zero-order valence-electron chi connectivity index (χ0n) is 9.85. The molecule has 1 heterocycles. The van der Waals surface area contributed by atoms with E-state index in [1.165, 1.54) is 19.3 Å². The van der Waals surface area contributed by atoms with Crippen molar-refractivity contribution < 1.29 is 9.94 Å². The number of ether oxygens (including phenoxy) is 1. The summed E-state index contributed by atoms with van der Waals surface area (Å²) in [6, 6.07) is 0. The average molecular weight is 227 g/mol. The Labute approximate surface area is 96.2 Å². The minimum absolute atomic E-state index is 0.299. The standard InChI is InChI=1S/C11H21N3O2/c1-16-7-9-5-14(6-10(12)13-15)8-11(9)3-2-4-11/h9,15H,2-8H2,1H3,(H2,12,13)/t9-/m0/s1. The lowest BCUT2D eigenvalue weighted by molar-refractivity contribution is 0.0369. The topological polar surface area (TPSA) is 71.1 Å². The largest absolute Gasteiger partial charge is 0.409 e. The van der Waals surface area contributed by atoms with Crippen LogP contribution in [0.15, 0.2) is 5.16 Å². The first kappa shape index (κ1) is 11.7. The molecule has 1 atom stereocenters. The van der Waals surface area contributed by atoms with E-state index in [2.05, 4.69) is 10.1 Å². The summed E-state index contributed by atoms with van der Waals surface area (Å²) >= 11 is 0. The number of nitrogens with two attached hydrogens (primary N) is 1. The summed E-state index contributed by atoms with van der Waals surface area (Å²) in [5.74, 6) is 0.908. The van der Waals surface area contributed by atoms with E-state index in [1.54, 1.807) is 7.11 Å². The molecule has 2 rings (SSSR count). The molecule has 0 aromatic rings. The smallest absolute Gasteiger partial charge is 0.153 e. The van der Waals surface area contributed by atoms with Gasteiger partial charge in [0.2, 0.25) is 0 Å². The molecule has 2 fully saturated rings. The van der Waals surface area contributed by atoms with Crippen LogP contribution < -0.4 is 5.73 Å². The second-order valence-electron chi connectivity index (χ2n) is 5.13. The molecule has 0 bridgehead atoms. The predicted octanol–water partition coefficient (Wildman–Crippen LogP) is 0.481. The molecule has 1 saturated carbocycles. The van der Waals surface area contributed by atoms with Gasteiger partial charge in [0.15, 0.2) is 5.84 Å². The maximum Gasteiger partial charge on any atom is 0.153 e. The van der Waals surface area contributed by atoms with Crippen molar-refractivity contribution in [1.29, 1.82) is 0 Å². The molecule has 0 aromatic carbocycles. The number of rotatable bonds is 4. The second-order valence-corrected chi connectivity index (χ2v) is 5.13. The Hall–Kier alpha value is -0.810. The Morgan fingerprint density at radius 1 is 1.62 bits per heavy atom. The van der Waals surface area contributed by atoms with Crippen molar-refractivity contribution in [2.75, 3.05) is 33.4 Å². The molecule has 2 aliphatic rings. The number of likely N-dealkylation sites (tertiary alicyclic amines) is 1. The van der Waals surface area contributed by atoms with Gasteiger partial charge in [-0.05, 0) is 18.3 Å². The maximum absolute atomic E-state index is 8.58. The number of amidine groups is 1. The highest BCUT2D eigenvalue weighted by Gasteiger charge is 2.49. The molecular weight excluding hydrogens is 206 g/mol. The van der Waals surface area contributed by atoms with E-state index in [1.807, 2.05) is 0 Å². The van der Waals surface area contributed by atoms with Crippen LogP contribution in [0.3, 0.4) is 0 Å². The molecule has 1 aliphatic carbocycles. The summed E-state index contributed by atoms with van der Waals surface area (Å²) in [5, 5.41) is 11.6. The van der Waals surface area contributed by atoms with Crippen LogP contribution in [0.4, 0.5) is 0 Å². The lowest BCUT2D eigenvalue weighted by Gasteiger charge is -2.42. The molecule has 92 valence electrons. The number of hydrogen-bond acceptors (Lipinski definition) is 4. The molecule has 0 radical (unpaired) electrons. The number of methoxy groups -OCH3 is 1. The van der Waals surface area contributed by atoms with Gasteiger partial charge < -0.3 is 15.7 Å². The highest BCUT2D eigenvalue weighted by atomic mass is 16.5. The first-order chi connectivity index (χ1) is 7.70. The average Bonchev–Trinajstić information content (AvgIpc) is 2.57. The van der Waals surface area contributed by atoms with Gasteiger partial charge in [-0.3, -0.25) is 4.90 Å². The normalized spacial score (nSPS) is 29.6. The van der Waals surface area contributed by atoms with E-state index in [4.69, 9.17) is 15.7 Å². The quantitative estimate of drug-likeness (QED) is 0.317.